The summed E-state index contributed by atoms with van der Waals surface area (Å²) in [7, 11) is 0. The molecule has 0 radical (unpaired) electrons. The Bertz CT molecular complexity index is 341. The van der Waals surface area contributed by atoms with E-state index in [2.05, 4.69) is 18.9 Å². The van der Waals surface area contributed by atoms with Crippen molar-refractivity contribution in [1.29, 1.82) is 0 Å². The van der Waals surface area contributed by atoms with E-state index in [9.17, 15) is 0 Å². The molecule has 15 heavy (non-hydrogen) atoms. The van der Waals surface area contributed by atoms with Gasteiger partial charge >= 0.3 is 0 Å². The Labute approximate surface area is 91.3 Å². The second kappa shape index (κ2) is 5.14. The number of nitrogens with one attached hydrogen (secondary N) is 1. The van der Waals surface area contributed by atoms with Gasteiger partial charge in [0.25, 0.3) is 0 Å². The zero-order chi connectivity index (χ0) is 11.4. The monoisotopic (exact) mass is 208 g/mol. The van der Waals surface area contributed by atoms with Crippen LogP contribution in [-0.4, -0.2) is 0 Å². The SMILES string of the molecule is C=C(CC)CC(NN)c1cc(C)oc1C. The molecule has 0 spiro atoms. The summed E-state index contributed by atoms with van der Waals surface area (Å²) >= 11 is 0. The summed E-state index contributed by atoms with van der Waals surface area (Å²) in [5.74, 6) is 7.40. The molecule has 1 atom stereocenters. The molecule has 0 aliphatic carbocycles. The number of furan rings is 1. The van der Waals surface area contributed by atoms with Crippen molar-refractivity contribution in [3.05, 3.63) is 35.3 Å². The van der Waals surface area contributed by atoms with Gasteiger partial charge in [0.2, 0.25) is 0 Å². The highest BCUT2D eigenvalue weighted by Crippen LogP contribution is 2.26. The summed E-state index contributed by atoms with van der Waals surface area (Å²) in [4.78, 5) is 0. The zero-order valence-electron chi connectivity index (χ0n) is 9.76. The van der Waals surface area contributed by atoms with Crippen LogP contribution in [0.2, 0.25) is 0 Å². The highest BCUT2D eigenvalue weighted by atomic mass is 16.3. The van der Waals surface area contributed by atoms with Crippen LogP contribution in [0.4, 0.5) is 0 Å². The molecule has 3 heteroatoms. The van der Waals surface area contributed by atoms with Gasteiger partial charge in [-0.1, -0.05) is 19.1 Å². The fraction of sp³-hybridized carbons (Fsp3) is 0.500. The lowest BCUT2D eigenvalue weighted by Crippen LogP contribution is -2.28. The first-order valence-corrected chi connectivity index (χ1v) is 5.28. The number of hydrazine groups is 1. The van der Waals surface area contributed by atoms with E-state index in [-0.39, 0.29) is 6.04 Å². The summed E-state index contributed by atoms with van der Waals surface area (Å²) in [6.45, 7) is 10.0. The first kappa shape index (κ1) is 12.0. The molecule has 0 saturated heterocycles. The number of hydrogen-bond donors (Lipinski definition) is 2. The van der Waals surface area contributed by atoms with Crippen molar-refractivity contribution >= 4 is 0 Å². The van der Waals surface area contributed by atoms with E-state index in [1.165, 1.54) is 5.57 Å². The minimum absolute atomic E-state index is 0.106. The van der Waals surface area contributed by atoms with E-state index in [1.54, 1.807) is 0 Å². The van der Waals surface area contributed by atoms with Gasteiger partial charge in [-0.2, -0.15) is 0 Å². The standard InChI is InChI=1S/C12H20N2O/c1-5-8(2)6-12(14-13)11-7-9(3)15-10(11)4/h7,12,14H,2,5-6,13H2,1,3-4H3. The largest absolute Gasteiger partial charge is 0.466 e. The molecule has 1 aromatic rings. The maximum Gasteiger partial charge on any atom is 0.105 e. The van der Waals surface area contributed by atoms with Crippen molar-refractivity contribution in [2.45, 2.75) is 39.7 Å². The van der Waals surface area contributed by atoms with E-state index in [4.69, 9.17) is 10.3 Å². The predicted octanol–water partition coefficient (Wildman–Crippen LogP) is 2.76. The zero-order valence-corrected chi connectivity index (χ0v) is 9.76. The van der Waals surface area contributed by atoms with E-state index >= 15 is 0 Å². The topological polar surface area (TPSA) is 51.2 Å². The Morgan fingerprint density at radius 2 is 2.27 bits per heavy atom. The molecule has 84 valence electrons. The van der Waals surface area contributed by atoms with E-state index in [0.717, 1.165) is 29.9 Å². The first-order chi connectivity index (χ1) is 7.08. The van der Waals surface area contributed by atoms with Gasteiger partial charge in [0, 0.05) is 5.56 Å². The Balaban J connectivity index is 2.82. The summed E-state index contributed by atoms with van der Waals surface area (Å²) in [5, 5.41) is 0. The van der Waals surface area contributed by atoms with E-state index in [0.29, 0.717) is 0 Å². The summed E-state index contributed by atoms with van der Waals surface area (Å²) in [5.41, 5.74) is 5.14. The van der Waals surface area contributed by atoms with Crippen LogP contribution < -0.4 is 11.3 Å². The van der Waals surface area contributed by atoms with Gasteiger partial charge in [-0.3, -0.25) is 11.3 Å². The first-order valence-electron chi connectivity index (χ1n) is 5.28. The van der Waals surface area contributed by atoms with Crippen LogP contribution >= 0.6 is 0 Å². The van der Waals surface area contributed by atoms with Crippen LogP contribution in [0.3, 0.4) is 0 Å². The van der Waals surface area contributed by atoms with Crippen LogP contribution in [0.1, 0.15) is 42.9 Å². The van der Waals surface area contributed by atoms with E-state index < -0.39 is 0 Å². The van der Waals surface area contributed by atoms with E-state index in [1.807, 2.05) is 19.9 Å². The number of hydrogen-bond acceptors (Lipinski definition) is 3. The Kier molecular flexibility index (Phi) is 4.12. The van der Waals surface area contributed by atoms with Crippen molar-refractivity contribution in [3.8, 4) is 0 Å². The quantitative estimate of drug-likeness (QED) is 0.444. The van der Waals surface area contributed by atoms with Crippen LogP contribution in [0.15, 0.2) is 22.6 Å². The highest BCUT2D eigenvalue weighted by Gasteiger charge is 2.16. The molecule has 0 fully saturated rings. The average molecular weight is 208 g/mol. The fourth-order valence-corrected chi connectivity index (χ4v) is 1.69. The third-order valence-corrected chi connectivity index (χ3v) is 2.65. The molecule has 1 heterocycles. The van der Waals surface area contributed by atoms with Gasteiger partial charge in [-0.05, 0) is 32.8 Å². The minimum Gasteiger partial charge on any atom is -0.466 e. The van der Waals surface area contributed by atoms with Gasteiger partial charge in [0.1, 0.15) is 11.5 Å². The summed E-state index contributed by atoms with van der Waals surface area (Å²) < 4.78 is 5.49. The molecule has 0 aromatic carbocycles. The predicted molar refractivity (Wildman–Crippen MR) is 62.3 cm³/mol. The molecule has 0 aliphatic heterocycles. The smallest absolute Gasteiger partial charge is 0.105 e. The van der Waals surface area contributed by atoms with Gasteiger partial charge in [-0.15, -0.1) is 0 Å². The molecular weight excluding hydrogens is 188 g/mol. The number of rotatable bonds is 5. The molecule has 0 bridgehead atoms. The third-order valence-electron chi connectivity index (χ3n) is 2.65. The maximum absolute atomic E-state index is 5.55. The number of aryl methyl sites for hydroxylation is 2. The Morgan fingerprint density at radius 3 is 2.67 bits per heavy atom. The average Bonchev–Trinajstić information content (AvgIpc) is 2.54. The van der Waals surface area contributed by atoms with Crippen molar-refractivity contribution in [2.24, 2.45) is 5.84 Å². The molecule has 1 aromatic heterocycles. The second-order valence-electron chi connectivity index (χ2n) is 3.90. The van der Waals surface area contributed by atoms with Crippen molar-refractivity contribution in [3.63, 3.8) is 0 Å². The molecule has 0 aliphatic rings. The van der Waals surface area contributed by atoms with Gasteiger partial charge in [-0.25, -0.2) is 0 Å². The minimum atomic E-state index is 0.106. The Morgan fingerprint density at radius 1 is 1.60 bits per heavy atom. The molecular formula is C12H20N2O. The lowest BCUT2D eigenvalue weighted by atomic mass is 9.99. The maximum atomic E-state index is 5.55. The molecule has 1 rings (SSSR count). The van der Waals surface area contributed by atoms with Crippen molar-refractivity contribution in [2.75, 3.05) is 0 Å². The lowest BCUT2D eigenvalue weighted by molar-refractivity contribution is 0.483. The molecule has 3 nitrogen and oxygen atoms in total. The second-order valence-corrected chi connectivity index (χ2v) is 3.90. The van der Waals surface area contributed by atoms with Crippen LogP contribution in [0.25, 0.3) is 0 Å². The molecule has 0 amide bonds. The fourth-order valence-electron chi connectivity index (χ4n) is 1.69. The molecule has 0 saturated carbocycles. The molecule has 3 N–H and O–H groups in total. The van der Waals surface area contributed by atoms with Crippen molar-refractivity contribution in [1.82, 2.24) is 5.43 Å². The van der Waals surface area contributed by atoms with Crippen LogP contribution in [-0.2, 0) is 0 Å². The van der Waals surface area contributed by atoms with Crippen LogP contribution in [0, 0.1) is 13.8 Å². The van der Waals surface area contributed by atoms with Gasteiger partial charge < -0.3 is 4.42 Å². The third kappa shape index (κ3) is 2.94. The van der Waals surface area contributed by atoms with Gasteiger partial charge in [0.05, 0.1) is 6.04 Å². The Hall–Kier alpha value is -1.06. The van der Waals surface area contributed by atoms with Crippen molar-refractivity contribution < 1.29 is 4.42 Å². The van der Waals surface area contributed by atoms with Gasteiger partial charge in [0.15, 0.2) is 0 Å². The summed E-state index contributed by atoms with van der Waals surface area (Å²) in [6, 6.07) is 2.14. The molecule has 1 unspecified atom stereocenters. The highest BCUT2D eigenvalue weighted by molar-refractivity contribution is 5.25. The summed E-state index contributed by atoms with van der Waals surface area (Å²) in [6.07, 6.45) is 1.83. The van der Waals surface area contributed by atoms with Crippen LogP contribution in [0.5, 0.6) is 0 Å². The normalized spacial score (nSPS) is 12.8. The number of nitrogens with two attached hydrogens (primary N) is 1. The lowest BCUT2D eigenvalue weighted by Gasteiger charge is -2.15.